The van der Waals surface area contributed by atoms with Crippen LogP contribution < -0.4 is 9.47 Å². The van der Waals surface area contributed by atoms with Gasteiger partial charge in [-0.25, -0.2) is 4.79 Å². The minimum Gasteiger partial charge on any atom is -0.490 e. The lowest BCUT2D eigenvalue weighted by Gasteiger charge is -2.20. The first-order valence-electron chi connectivity index (χ1n) is 10.9. The van der Waals surface area contributed by atoms with Crippen molar-refractivity contribution in [2.24, 2.45) is 0 Å². The van der Waals surface area contributed by atoms with Crippen LogP contribution in [0.3, 0.4) is 0 Å². The van der Waals surface area contributed by atoms with Crippen molar-refractivity contribution in [2.45, 2.75) is 27.7 Å². The highest BCUT2D eigenvalue weighted by molar-refractivity contribution is 6.14. The zero-order valence-corrected chi connectivity index (χ0v) is 19.7. The average molecular weight is 454 g/mol. The van der Waals surface area contributed by atoms with Gasteiger partial charge in [0.15, 0.2) is 23.9 Å². The summed E-state index contributed by atoms with van der Waals surface area (Å²) in [6, 6.07) is 11.2. The molecule has 0 bridgehead atoms. The number of nitrogens with zero attached hydrogens (tertiary/aromatic N) is 1. The third kappa shape index (κ3) is 6.94. The van der Waals surface area contributed by atoms with Crippen LogP contribution in [0.15, 0.2) is 54.6 Å². The SMILES string of the molecule is C=C(C)CN(CC)C(=O)COC(=O)c1ccccc1C(=O)c1ccc(OCC)c(OCC)c1. The fourth-order valence-electron chi connectivity index (χ4n) is 3.21. The number of carbonyl (C=O) groups is 3. The van der Waals surface area contributed by atoms with Gasteiger partial charge >= 0.3 is 5.97 Å². The van der Waals surface area contributed by atoms with Crippen molar-refractivity contribution in [3.8, 4) is 11.5 Å². The Morgan fingerprint density at radius 2 is 1.55 bits per heavy atom. The van der Waals surface area contributed by atoms with Gasteiger partial charge in [0, 0.05) is 24.2 Å². The summed E-state index contributed by atoms with van der Waals surface area (Å²) in [5, 5.41) is 0. The van der Waals surface area contributed by atoms with E-state index >= 15 is 0 Å². The molecule has 0 spiro atoms. The van der Waals surface area contributed by atoms with E-state index in [2.05, 4.69) is 6.58 Å². The van der Waals surface area contributed by atoms with E-state index in [1.807, 2.05) is 27.7 Å². The predicted octanol–water partition coefficient (Wildman–Crippen LogP) is 4.30. The summed E-state index contributed by atoms with van der Waals surface area (Å²) < 4.78 is 16.4. The summed E-state index contributed by atoms with van der Waals surface area (Å²) in [5.74, 6) is -0.444. The molecule has 7 heteroatoms. The van der Waals surface area contributed by atoms with Crippen molar-refractivity contribution in [3.05, 3.63) is 71.3 Å². The second-order valence-electron chi connectivity index (χ2n) is 7.34. The van der Waals surface area contributed by atoms with Crippen molar-refractivity contribution >= 4 is 17.7 Å². The van der Waals surface area contributed by atoms with Gasteiger partial charge in [0.2, 0.25) is 0 Å². The molecule has 7 nitrogen and oxygen atoms in total. The average Bonchev–Trinajstić information content (AvgIpc) is 2.81. The molecule has 0 aromatic heterocycles. The lowest BCUT2D eigenvalue weighted by Crippen LogP contribution is -2.35. The molecule has 0 fully saturated rings. The van der Waals surface area contributed by atoms with E-state index in [1.54, 1.807) is 41.3 Å². The number of hydrogen-bond donors (Lipinski definition) is 0. The van der Waals surface area contributed by atoms with E-state index in [1.165, 1.54) is 6.07 Å². The zero-order chi connectivity index (χ0) is 24.4. The molecule has 1 amide bonds. The van der Waals surface area contributed by atoms with Gasteiger partial charge in [-0.3, -0.25) is 9.59 Å². The van der Waals surface area contributed by atoms with Crippen molar-refractivity contribution in [1.82, 2.24) is 4.90 Å². The maximum Gasteiger partial charge on any atom is 0.339 e. The molecule has 0 heterocycles. The molecular formula is C26H31NO6. The molecule has 0 radical (unpaired) electrons. The molecule has 2 rings (SSSR count). The van der Waals surface area contributed by atoms with E-state index in [0.29, 0.717) is 43.4 Å². The molecule has 0 saturated heterocycles. The first-order valence-corrected chi connectivity index (χ1v) is 10.9. The highest BCUT2D eigenvalue weighted by Gasteiger charge is 2.22. The quantitative estimate of drug-likeness (QED) is 0.271. The van der Waals surface area contributed by atoms with E-state index < -0.39 is 12.6 Å². The largest absolute Gasteiger partial charge is 0.490 e. The number of ether oxygens (including phenoxy) is 3. The minimum absolute atomic E-state index is 0.0881. The van der Waals surface area contributed by atoms with Crippen LogP contribution in [-0.2, 0) is 9.53 Å². The smallest absolute Gasteiger partial charge is 0.339 e. The van der Waals surface area contributed by atoms with Gasteiger partial charge in [0.05, 0.1) is 18.8 Å². The molecule has 2 aromatic rings. The Labute approximate surface area is 194 Å². The lowest BCUT2D eigenvalue weighted by atomic mass is 9.98. The van der Waals surface area contributed by atoms with E-state index in [-0.39, 0.29) is 22.8 Å². The number of esters is 1. The van der Waals surface area contributed by atoms with Gasteiger partial charge in [0.1, 0.15) is 0 Å². The lowest BCUT2D eigenvalue weighted by molar-refractivity contribution is -0.133. The van der Waals surface area contributed by atoms with Gasteiger partial charge < -0.3 is 19.1 Å². The Balaban J connectivity index is 2.23. The summed E-state index contributed by atoms with van der Waals surface area (Å²) in [6.07, 6.45) is 0. The number of amides is 1. The van der Waals surface area contributed by atoms with Crippen molar-refractivity contribution < 1.29 is 28.6 Å². The topological polar surface area (TPSA) is 82.1 Å². The standard InChI is InChI=1S/C26H31NO6/c1-6-27(16-18(4)5)24(28)17-33-26(30)21-12-10-9-11-20(21)25(29)19-13-14-22(31-7-2)23(15-19)32-8-3/h9-15H,4,6-8,16-17H2,1-3,5H3. The first-order chi connectivity index (χ1) is 15.8. The van der Waals surface area contributed by atoms with Crippen LogP contribution in [0.25, 0.3) is 0 Å². The van der Waals surface area contributed by atoms with Crippen molar-refractivity contribution in [3.63, 3.8) is 0 Å². The van der Waals surface area contributed by atoms with Crippen LogP contribution in [0.5, 0.6) is 11.5 Å². The predicted molar refractivity (Wildman–Crippen MR) is 126 cm³/mol. The number of hydrogen-bond acceptors (Lipinski definition) is 6. The Morgan fingerprint density at radius 3 is 2.15 bits per heavy atom. The second-order valence-corrected chi connectivity index (χ2v) is 7.34. The molecule has 0 aliphatic rings. The minimum atomic E-state index is -0.741. The highest BCUT2D eigenvalue weighted by atomic mass is 16.5. The summed E-state index contributed by atoms with van der Waals surface area (Å²) in [7, 11) is 0. The monoisotopic (exact) mass is 453 g/mol. The Hall–Kier alpha value is -3.61. The van der Waals surface area contributed by atoms with Crippen LogP contribution in [0.2, 0.25) is 0 Å². The van der Waals surface area contributed by atoms with E-state index in [4.69, 9.17) is 14.2 Å². The molecule has 0 N–H and O–H groups in total. The van der Waals surface area contributed by atoms with Crippen LogP contribution in [-0.4, -0.2) is 55.5 Å². The fourth-order valence-corrected chi connectivity index (χ4v) is 3.21. The second kappa shape index (κ2) is 12.4. The normalized spacial score (nSPS) is 10.3. The maximum absolute atomic E-state index is 13.2. The van der Waals surface area contributed by atoms with Gasteiger partial charge in [-0.05, 0) is 52.0 Å². The third-order valence-corrected chi connectivity index (χ3v) is 4.72. The molecule has 0 unspecified atom stereocenters. The molecule has 0 saturated carbocycles. The first kappa shape index (κ1) is 25.6. The Bertz CT molecular complexity index is 1010. The van der Waals surface area contributed by atoms with Crippen LogP contribution in [0.1, 0.15) is 54.0 Å². The number of rotatable bonds is 12. The van der Waals surface area contributed by atoms with Crippen LogP contribution in [0, 0.1) is 0 Å². The molecular weight excluding hydrogens is 422 g/mol. The van der Waals surface area contributed by atoms with Gasteiger partial charge in [-0.2, -0.15) is 0 Å². The third-order valence-electron chi connectivity index (χ3n) is 4.72. The Kier molecular flexibility index (Phi) is 9.66. The van der Waals surface area contributed by atoms with E-state index in [0.717, 1.165) is 5.57 Å². The summed E-state index contributed by atoms with van der Waals surface area (Å²) in [6.45, 7) is 12.5. The molecule has 0 atom stereocenters. The van der Waals surface area contributed by atoms with Crippen molar-refractivity contribution in [1.29, 1.82) is 0 Å². The number of likely N-dealkylation sites (N-methyl/N-ethyl adjacent to an activating group) is 1. The Morgan fingerprint density at radius 1 is 0.909 bits per heavy atom. The summed E-state index contributed by atoms with van der Waals surface area (Å²) in [4.78, 5) is 39.9. The summed E-state index contributed by atoms with van der Waals surface area (Å²) in [5.41, 5.74) is 1.44. The van der Waals surface area contributed by atoms with Gasteiger partial charge in [-0.15, -0.1) is 0 Å². The summed E-state index contributed by atoms with van der Waals surface area (Å²) >= 11 is 0. The number of carbonyl (C=O) groups excluding carboxylic acids is 3. The molecule has 0 aliphatic heterocycles. The molecule has 33 heavy (non-hydrogen) atoms. The highest BCUT2D eigenvalue weighted by Crippen LogP contribution is 2.30. The van der Waals surface area contributed by atoms with E-state index in [9.17, 15) is 14.4 Å². The molecule has 2 aromatic carbocycles. The van der Waals surface area contributed by atoms with Crippen molar-refractivity contribution in [2.75, 3.05) is 32.9 Å². The zero-order valence-electron chi connectivity index (χ0n) is 19.7. The van der Waals surface area contributed by atoms with Crippen LogP contribution in [0.4, 0.5) is 0 Å². The maximum atomic E-state index is 13.2. The molecule has 0 aliphatic carbocycles. The van der Waals surface area contributed by atoms with Crippen LogP contribution >= 0.6 is 0 Å². The fraction of sp³-hybridized carbons (Fsp3) is 0.346. The van der Waals surface area contributed by atoms with Gasteiger partial charge in [-0.1, -0.05) is 30.4 Å². The number of benzene rings is 2. The molecule has 176 valence electrons. The van der Waals surface area contributed by atoms with Gasteiger partial charge in [0.25, 0.3) is 5.91 Å². The number of ketones is 1.